The minimum absolute atomic E-state index is 0.0825. The predicted molar refractivity (Wildman–Crippen MR) is 162 cm³/mol. The minimum Gasteiger partial charge on any atom is -0.397 e. The molecule has 1 aliphatic carbocycles. The van der Waals surface area contributed by atoms with Crippen LogP contribution < -0.4 is 16.7 Å². The van der Waals surface area contributed by atoms with E-state index in [1.54, 1.807) is 12.1 Å². The fraction of sp³-hybridized carbons (Fsp3) is 0.483. The van der Waals surface area contributed by atoms with Gasteiger partial charge in [0.05, 0.1) is 16.7 Å². The predicted octanol–water partition coefficient (Wildman–Crippen LogP) is 6.26. The summed E-state index contributed by atoms with van der Waals surface area (Å²) in [5, 5.41) is 3.05. The van der Waals surface area contributed by atoms with Gasteiger partial charge in [0.1, 0.15) is 0 Å². The summed E-state index contributed by atoms with van der Waals surface area (Å²) in [7, 11) is 0. The average molecular weight is 661 g/mol. The molecule has 1 saturated heterocycles. The molecule has 3 aromatic rings. The number of carbonyl (C=O) groups excluding carboxylic acids is 2. The van der Waals surface area contributed by atoms with Gasteiger partial charge in [-0.2, -0.15) is 0 Å². The van der Waals surface area contributed by atoms with Crippen molar-refractivity contribution in [1.82, 2.24) is 14.5 Å². The van der Waals surface area contributed by atoms with Gasteiger partial charge < -0.3 is 20.9 Å². The lowest BCUT2D eigenvalue weighted by Gasteiger charge is -2.32. The summed E-state index contributed by atoms with van der Waals surface area (Å²) in [6, 6.07) is 9.39. The van der Waals surface area contributed by atoms with Crippen LogP contribution >= 0.6 is 31.9 Å². The Labute approximate surface area is 245 Å². The third-order valence-electron chi connectivity index (χ3n) is 8.16. The summed E-state index contributed by atoms with van der Waals surface area (Å²) in [6.45, 7) is 2.61. The molecule has 0 spiro atoms. The Kier molecular flexibility index (Phi) is 8.93. The first-order valence-electron chi connectivity index (χ1n) is 13.9. The molecule has 8 nitrogen and oxygen atoms in total. The van der Waals surface area contributed by atoms with Gasteiger partial charge in [-0.1, -0.05) is 19.3 Å². The van der Waals surface area contributed by atoms with Crippen LogP contribution in [0.4, 0.5) is 11.4 Å². The maximum absolute atomic E-state index is 12.9. The van der Waals surface area contributed by atoms with Gasteiger partial charge in [-0.25, -0.2) is 4.79 Å². The number of aromatic nitrogens is 2. The summed E-state index contributed by atoms with van der Waals surface area (Å²) in [5.41, 5.74) is 9.43. The Bertz CT molecular complexity index is 1400. The number of fused-ring (bicyclic) bond motifs is 1. The van der Waals surface area contributed by atoms with Crippen molar-refractivity contribution in [3.05, 3.63) is 55.3 Å². The number of rotatable bonds is 8. The van der Waals surface area contributed by atoms with Gasteiger partial charge in [-0.3, -0.25) is 14.2 Å². The number of amides is 1. The zero-order chi connectivity index (χ0) is 27.5. The number of aromatic amines is 1. The number of carbonyl (C=O) groups is 2. The number of anilines is 2. The van der Waals surface area contributed by atoms with E-state index in [0.717, 1.165) is 90.2 Å². The Balaban J connectivity index is 1.14. The summed E-state index contributed by atoms with van der Waals surface area (Å²) in [6.07, 6.45) is 8.36. The lowest BCUT2D eigenvalue weighted by atomic mass is 9.88. The van der Waals surface area contributed by atoms with Gasteiger partial charge in [0, 0.05) is 51.7 Å². The topological polar surface area (TPSA) is 113 Å². The van der Waals surface area contributed by atoms with Crippen LogP contribution in [0.3, 0.4) is 0 Å². The van der Waals surface area contributed by atoms with Crippen molar-refractivity contribution in [1.29, 1.82) is 0 Å². The third kappa shape index (κ3) is 6.49. The highest BCUT2D eigenvalue weighted by atomic mass is 79.9. The van der Waals surface area contributed by atoms with Gasteiger partial charge in [-0.15, -0.1) is 0 Å². The second-order valence-corrected chi connectivity index (χ2v) is 12.5. The molecule has 2 heterocycles. The van der Waals surface area contributed by atoms with Crippen molar-refractivity contribution in [3.8, 4) is 0 Å². The molecule has 1 amide bonds. The van der Waals surface area contributed by atoms with E-state index in [4.69, 9.17) is 5.73 Å². The Morgan fingerprint density at radius 1 is 1.00 bits per heavy atom. The normalized spacial score (nSPS) is 17.5. The SMILES string of the molecule is Nc1c(Br)cc(C(=O)CCCN2CCC(n3c(=O)[nH]c4cc(NC(=O)C5CCCCC5)ccc43)CC2)cc1Br. The number of piperidine rings is 1. The Morgan fingerprint density at radius 3 is 2.38 bits per heavy atom. The molecule has 5 rings (SSSR count). The highest BCUT2D eigenvalue weighted by molar-refractivity contribution is 9.11. The largest absolute Gasteiger partial charge is 0.397 e. The molecular weight excluding hydrogens is 626 g/mol. The van der Waals surface area contributed by atoms with Crippen LogP contribution in [0.1, 0.15) is 74.2 Å². The number of Topliss-reactive ketones (excluding diaryl/α,β-unsaturated/α-hetero) is 1. The smallest absolute Gasteiger partial charge is 0.326 e. The number of likely N-dealkylation sites (tertiary alicyclic amines) is 1. The van der Waals surface area contributed by atoms with Crippen LogP contribution in [0, 0.1) is 5.92 Å². The monoisotopic (exact) mass is 659 g/mol. The summed E-state index contributed by atoms with van der Waals surface area (Å²) in [4.78, 5) is 43.6. The summed E-state index contributed by atoms with van der Waals surface area (Å²) < 4.78 is 3.31. The van der Waals surface area contributed by atoms with Crippen LogP contribution in [0.25, 0.3) is 11.0 Å². The van der Waals surface area contributed by atoms with Crippen LogP contribution in [0.5, 0.6) is 0 Å². The number of benzene rings is 2. The number of hydrogen-bond donors (Lipinski definition) is 3. The Morgan fingerprint density at radius 2 is 1.69 bits per heavy atom. The standard InChI is InChI=1S/C29H35Br2N5O3/c30-22-15-19(16-23(31)27(22)32)26(37)7-4-12-35-13-10-21(11-14-35)36-25-9-8-20(17-24(25)34-29(36)39)33-28(38)18-5-2-1-3-6-18/h8-9,15-18,21H,1-7,10-14,32H2,(H,33,38)(H,34,39). The van der Waals surface area contributed by atoms with E-state index >= 15 is 0 Å². The molecule has 0 atom stereocenters. The lowest BCUT2D eigenvalue weighted by molar-refractivity contribution is -0.120. The molecule has 1 saturated carbocycles. The molecule has 1 aliphatic heterocycles. The van der Waals surface area contributed by atoms with Crippen molar-refractivity contribution < 1.29 is 9.59 Å². The van der Waals surface area contributed by atoms with E-state index in [9.17, 15) is 14.4 Å². The van der Waals surface area contributed by atoms with Gasteiger partial charge in [0.15, 0.2) is 5.78 Å². The maximum atomic E-state index is 12.9. The molecule has 2 aliphatic rings. The van der Waals surface area contributed by atoms with Crippen LogP contribution in [0.15, 0.2) is 44.1 Å². The van der Waals surface area contributed by atoms with Gasteiger partial charge in [0.25, 0.3) is 0 Å². The quantitative estimate of drug-likeness (QED) is 0.195. The molecule has 0 unspecified atom stereocenters. The molecule has 0 bridgehead atoms. The van der Waals surface area contributed by atoms with Crippen molar-refractivity contribution >= 4 is 66.0 Å². The van der Waals surface area contributed by atoms with Crippen LogP contribution in [0.2, 0.25) is 0 Å². The fourth-order valence-electron chi connectivity index (χ4n) is 5.93. The lowest BCUT2D eigenvalue weighted by Crippen LogP contribution is -2.37. The van der Waals surface area contributed by atoms with Crippen molar-refractivity contribution in [2.45, 2.75) is 63.8 Å². The van der Waals surface area contributed by atoms with Crippen LogP contribution in [-0.4, -0.2) is 45.8 Å². The molecule has 39 heavy (non-hydrogen) atoms. The maximum Gasteiger partial charge on any atom is 0.326 e. The number of nitrogens with one attached hydrogen (secondary N) is 2. The average Bonchev–Trinajstić information content (AvgIpc) is 3.27. The van der Waals surface area contributed by atoms with E-state index in [-0.39, 0.29) is 29.3 Å². The Hall–Kier alpha value is -2.43. The molecule has 2 aromatic carbocycles. The minimum atomic E-state index is -0.106. The molecule has 208 valence electrons. The summed E-state index contributed by atoms with van der Waals surface area (Å²) in [5.74, 6) is 0.272. The van der Waals surface area contributed by atoms with E-state index in [0.29, 0.717) is 17.7 Å². The number of H-pyrrole nitrogens is 1. The molecule has 1 aromatic heterocycles. The molecule has 2 fully saturated rings. The second-order valence-electron chi connectivity index (χ2n) is 10.8. The molecule has 10 heteroatoms. The first-order chi connectivity index (χ1) is 18.8. The van der Waals surface area contributed by atoms with Gasteiger partial charge in [0.2, 0.25) is 5.91 Å². The molecule has 0 radical (unpaired) electrons. The number of imidazole rings is 1. The van der Waals surface area contributed by atoms with Crippen molar-refractivity contribution in [2.75, 3.05) is 30.7 Å². The van der Waals surface area contributed by atoms with Crippen LogP contribution in [-0.2, 0) is 4.79 Å². The highest BCUT2D eigenvalue weighted by Gasteiger charge is 2.25. The summed E-state index contributed by atoms with van der Waals surface area (Å²) >= 11 is 6.81. The first-order valence-corrected chi connectivity index (χ1v) is 15.4. The van der Waals surface area contributed by atoms with E-state index in [1.165, 1.54) is 6.42 Å². The molecular formula is C29H35Br2N5O3. The number of nitrogen functional groups attached to an aromatic ring is 1. The number of nitrogens with zero attached hydrogens (tertiary/aromatic N) is 2. The van der Waals surface area contributed by atoms with E-state index in [2.05, 4.69) is 47.1 Å². The number of nitrogens with two attached hydrogens (primary N) is 1. The number of halogens is 2. The zero-order valence-corrected chi connectivity index (χ0v) is 25.2. The number of ketones is 1. The third-order valence-corrected chi connectivity index (χ3v) is 9.47. The number of hydrogen-bond acceptors (Lipinski definition) is 5. The first kappa shape index (κ1) is 28.1. The highest BCUT2D eigenvalue weighted by Crippen LogP contribution is 2.31. The second kappa shape index (κ2) is 12.4. The molecule has 4 N–H and O–H groups in total. The van der Waals surface area contributed by atoms with E-state index in [1.807, 2.05) is 22.8 Å². The van der Waals surface area contributed by atoms with E-state index < -0.39 is 0 Å². The van der Waals surface area contributed by atoms with Crippen molar-refractivity contribution in [3.63, 3.8) is 0 Å². The fourth-order valence-corrected chi connectivity index (χ4v) is 7.12. The van der Waals surface area contributed by atoms with Gasteiger partial charge in [-0.05, 0) is 101 Å². The van der Waals surface area contributed by atoms with Gasteiger partial charge >= 0.3 is 5.69 Å². The van der Waals surface area contributed by atoms with Crippen molar-refractivity contribution in [2.24, 2.45) is 5.92 Å². The zero-order valence-electron chi connectivity index (χ0n) is 22.0.